The summed E-state index contributed by atoms with van der Waals surface area (Å²) >= 11 is 0. The molecule has 2 aromatic rings. The van der Waals surface area contributed by atoms with Gasteiger partial charge in [0.1, 0.15) is 5.76 Å². The summed E-state index contributed by atoms with van der Waals surface area (Å²) in [6.07, 6.45) is 6.56. The highest BCUT2D eigenvalue weighted by atomic mass is 16.3. The molecule has 2 atom stereocenters. The Morgan fingerprint density at radius 3 is 2.72 bits per heavy atom. The maximum atomic E-state index is 5.47. The van der Waals surface area contributed by atoms with Gasteiger partial charge in [0.15, 0.2) is 5.96 Å². The summed E-state index contributed by atoms with van der Waals surface area (Å²) < 4.78 is 5.47. The lowest BCUT2D eigenvalue weighted by Crippen LogP contribution is -2.42. The van der Waals surface area contributed by atoms with Crippen LogP contribution in [0, 0.1) is 5.92 Å². The molecule has 0 bridgehead atoms. The van der Waals surface area contributed by atoms with Gasteiger partial charge in [0, 0.05) is 32.6 Å². The van der Waals surface area contributed by atoms with Crippen LogP contribution >= 0.6 is 0 Å². The number of furan rings is 1. The van der Waals surface area contributed by atoms with Gasteiger partial charge in [-0.3, -0.25) is 4.99 Å². The molecule has 3 heterocycles. The average Bonchev–Trinajstić information content (AvgIpc) is 3.51. The van der Waals surface area contributed by atoms with Crippen LogP contribution in [0.4, 0.5) is 0 Å². The summed E-state index contributed by atoms with van der Waals surface area (Å²) in [5.74, 6) is 2.78. The van der Waals surface area contributed by atoms with Gasteiger partial charge in [-0.2, -0.15) is 0 Å². The molecule has 2 aliphatic rings. The van der Waals surface area contributed by atoms with Gasteiger partial charge in [0.2, 0.25) is 0 Å². The smallest absolute Gasteiger partial charge is 0.194 e. The van der Waals surface area contributed by atoms with Gasteiger partial charge in [-0.25, -0.2) is 0 Å². The van der Waals surface area contributed by atoms with Crippen LogP contribution in [0.15, 0.2) is 58.1 Å². The largest absolute Gasteiger partial charge is 0.469 e. The zero-order chi connectivity index (χ0) is 19.9. The first-order chi connectivity index (χ1) is 14.3. The molecule has 5 nitrogen and oxygen atoms in total. The zero-order valence-corrected chi connectivity index (χ0v) is 17.6. The van der Waals surface area contributed by atoms with Crippen LogP contribution < -0.4 is 5.32 Å². The number of nitrogens with one attached hydrogen (secondary N) is 1. The van der Waals surface area contributed by atoms with Crippen molar-refractivity contribution in [2.45, 2.75) is 38.6 Å². The minimum atomic E-state index is 0.233. The third kappa shape index (κ3) is 5.63. The fourth-order valence-electron chi connectivity index (χ4n) is 4.49. The van der Waals surface area contributed by atoms with Gasteiger partial charge in [-0.1, -0.05) is 30.3 Å². The van der Waals surface area contributed by atoms with E-state index in [1.807, 2.05) is 12.1 Å². The van der Waals surface area contributed by atoms with E-state index >= 15 is 0 Å². The van der Waals surface area contributed by atoms with E-state index in [0.29, 0.717) is 0 Å². The molecular weight excluding hydrogens is 360 g/mol. The molecule has 0 amide bonds. The highest BCUT2D eigenvalue weighted by molar-refractivity contribution is 5.80. The second-order valence-corrected chi connectivity index (χ2v) is 8.42. The van der Waals surface area contributed by atoms with E-state index in [0.717, 1.165) is 43.7 Å². The Balaban J connectivity index is 1.39. The molecular formula is C24H34N4O. The number of hydrogen-bond acceptors (Lipinski definition) is 3. The summed E-state index contributed by atoms with van der Waals surface area (Å²) in [6, 6.07) is 14.8. The molecule has 1 N–H and O–H groups in total. The number of hydrogen-bond donors (Lipinski definition) is 1. The highest BCUT2D eigenvalue weighted by Crippen LogP contribution is 2.21. The van der Waals surface area contributed by atoms with E-state index in [4.69, 9.17) is 9.41 Å². The van der Waals surface area contributed by atoms with Crippen LogP contribution in [0.25, 0.3) is 0 Å². The van der Waals surface area contributed by atoms with E-state index in [-0.39, 0.29) is 6.04 Å². The van der Waals surface area contributed by atoms with Crippen LogP contribution in [0.3, 0.4) is 0 Å². The quantitative estimate of drug-likeness (QED) is 0.571. The molecule has 1 aromatic heterocycles. The number of benzene rings is 1. The van der Waals surface area contributed by atoms with Crippen molar-refractivity contribution in [1.29, 1.82) is 0 Å². The molecule has 5 heteroatoms. The maximum absolute atomic E-state index is 5.47. The highest BCUT2D eigenvalue weighted by Gasteiger charge is 2.28. The van der Waals surface area contributed by atoms with Gasteiger partial charge in [0.05, 0.1) is 12.3 Å². The minimum absolute atomic E-state index is 0.233. The van der Waals surface area contributed by atoms with Crippen molar-refractivity contribution >= 4 is 5.96 Å². The number of nitrogens with zero attached hydrogens (tertiary/aromatic N) is 3. The Bertz CT molecular complexity index is 752. The predicted octanol–water partition coefficient (Wildman–Crippen LogP) is 3.95. The summed E-state index contributed by atoms with van der Waals surface area (Å²) in [5.41, 5.74) is 1.29. The van der Waals surface area contributed by atoms with Gasteiger partial charge in [0.25, 0.3) is 0 Å². The van der Waals surface area contributed by atoms with Gasteiger partial charge < -0.3 is 19.5 Å². The van der Waals surface area contributed by atoms with Crippen LogP contribution in [0.1, 0.15) is 43.6 Å². The summed E-state index contributed by atoms with van der Waals surface area (Å²) in [6.45, 7) is 8.95. The fraction of sp³-hybridized carbons (Fsp3) is 0.542. The van der Waals surface area contributed by atoms with E-state index < -0.39 is 0 Å². The van der Waals surface area contributed by atoms with Gasteiger partial charge >= 0.3 is 0 Å². The topological polar surface area (TPSA) is 44.0 Å². The standard InChI is InChI=1S/C24H34N4O/c1-20(22-8-3-2-4-9-22)26-24(25-13-11-23-10-7-17-29-23)28-16-12-21(19-28)18-27-14-5-6-15-27/h2-4,7-10,17,20-21H,5-6,11-16,18-19H2,1H3,(H,25,26). The molecule has 0 saturated carbocycles. The normalized spacial score (nSPS) is 21.6. The van der Waals surface area contributed by atoms with Crippen LogP contribution in [-0.4, -0.2) is 55.0 Å². The summed E-state index contributed by atoms with van der Waals surface area (Å²) in [4.78, 5) is 10.1. The lowest BCUT2D eigenvalue weighted by atomic mass is 10.1. The first-order valence-electron chi connectivity index (χ1n) is 11.1. The number of likely N-dealkylation sites (tertiary alicyclic amines) is 2. The summed E-state index contributed by atoms with van der Waals surface area (Å²) in [7, 11) is 0. The first kappa shape index (κ1) is 20.0. The SMILES string of the molecule is CC(NC(=NCCc1ccco1)N1CCC(CN2CCCC2)C1)c1ccccc1. The first-order valence-corrected chi connectivity index (χ1v) is 11.1. The molecule has 0 radical (unpaired) electrons. The average molecular weight is 395 g/mol. The monoisotopic (exact) mass is 394 g/mol. The fourth-order valence-corrected chi connectivity index (χ4v) is 4.49. The van der Waals surface area contributed by atoms with Crippen molar-refractivity contribution in [2.24, 2.45) is 10.9 Å². The molecule has 2 unspecified atom stereocenters. The summed E-state index contributed by atoms with van der Waals surface area (Å²) in [5, 5.41) is 3.70. The van der Waals surface area contributed by atoms with Crippen molar-refractivity contribution in [3.05, 3.63) is 60.1 Å². The molecule has 4 rings (SSSR count). The Hall–Kier alpha value is -2.27. The molecule has 2 fully saturated rings. The number of aliphatic imine (C=N–C) groups is 1. The molecule has 2 saturated heterocycles. The molecule has 1 aromatic carbocycles. The molecule has 29 heavy (non-hydrogen) atoms. The van der Waals surface area contributed by atoms with Gasteiger partial charge in [-0.05, 0) is 62.9 Å². The van der Waals surface area contributed by atoms with Crippen molar-refractivity contribution in [3.63, 3.8) is 0 Å². The Morgan fingerprint density at radius 2 is 1.97 bits per heavy atom. The van der Waals surface area contributed by atoms with Gasteiger partial charge in [-0.15, -0.1) is 0 Å². The Labute approximate surface area is 174 Å². The van der Waals surface area contributed by atoms with E-state index in [2.05, 4.69) is 52.4 Å². The number of guanidine groups is 1. The van der Waals surface area contributed by atoms with E-state index in [9.17, 15) is 0 Å². The van der Waals surface area contributed by atoms with Crippen molar-refractivity contribution in [2.75, 3.05) is 39.3 Å². The van der Waals surface area contributed by atoms with E-state index in [1.165, 1.54) is 44.5 Å². The van der Waals surface area contributed by atoms with Crippen LogP contribution in [0.2, 0.25) is 0 Å². The Kier molecular flexibility index (Phi) is 6.88. The van der Waals surface area contributed by atoms with Crippen LogP contribution in [-0.2, 0) is 6.42 Å². The van der Waals surface area contributed by atoms with E-state index in [1.54, 1.807) is 6.26 Å². The predicted molar refractivity (Wildman–Crippen MR) is 118 cm³/mol. The molecule has 0 spiro atoms. The maximum Gasteiger partial charge on any atom is 0.194 e. The van der Waals surface area contributed by atoms with Crippen molar-refractivity contribution < 1.29 is 4.42 Å². The molecule has 0 aliphatic carbocycles. The lowest BCUT2D eigenvalue weighted by Gasteiger charge is -2.26. The zero-order valence-electron chi connectivity index (χ0n) is 17.6. The van der Waals surface area contributed by atoms with Crippen LogP contribution in [0.5, 0.6) is 0 Å². The molecule has 2 aliphatic heterocycles. The second kappa shape index (κ2) is 9.97. The second-order valence-electron chi connectivity index (χ2n) is 8.42. The minimum Gasteiger partial charge on any atom is -0.469 e. The third-order valence-corrected chi connectivity index (χ3v) is 6.15. The lowest BCUT2D eigenvalue weighted by molar-refractivity contribution is 0.281. The van der Waals surface area contributed by atoms with Crippen molar-refractivity contribution in [3.8, 4) is 0 Å². The van der Waals surface area contributed by atoms with Crippen molar-refractivity contribution in [1.82, 2.24) is 15.1 Å². The third-order valence-electron chi connectivity index (χ3n) is 6.15. The Morgan fingerprint density at radius 1 is 1.14 bits per heavy atom. The number of rotatable bonds is 7. The molecule has 156 valence electrons.